The Morgan fingerprint density at radius 3 is 3.11 bits per heavy atom. The number of amides is 1. The van der Waals surface area contributed by atoms with Gasteiger partial charge in [0, 0.05) is 17.5 Å². The highest BCUT2D eigenvalue weighted by atomic mass is 32.2. The fourth-order valence-electron chi connectivity index (χ4n) is 2.37. The molecule has 5 heteroatoms. The van der Waals surface area contributed by atoms with Crippen LogP contribution >= 0.6 is 11.8 Å². The van der Waals surface area contributed by atoms with Gasteiger partial charge in [-0.2, -0.15) is 11.8 Å². The minimum atomic E-state index is -0.0818. The van der Waals surface area contributed by atoms with Crippen molar-refractivity contribution < 1.29 is 4.79 Å². The van der Waals surface area contributed by atoms with Crippen molar-refractivity contribution in [3.8, 4) is 0 Å². The van der Waals surface area contributed by atoms with Crippen molar-refractivity contribution in [2.75, 3.05) is 12.0 Å². The molecule has 3 N–H and O–H groups in total. The van der Waals surface area contributed by atoms with Gasteiger partial charge in [-0.1, -0.05) is 6.42 Å². The van der Waals surface area contributed by atoms with Crippen LogP contribution in [0.25, 0.3) is 0 Å². The first-order valence-corrected chi connectivity index (χ1v) is 7.52. The van der Waals surface area contributed by atoms with Crippen LogP contribution < -0.4 is 11.1 Å². The molecule has 1 amide bonds. The normalized spacial score (nSPS) is 23.6. The summed E-state index contributed by atoms with van der Waals surface area (Å²) in [5.41, 5.74) is 6.71. The molecular weight excluding hydrogens is 246 g/mol. The standard InChI is InChI=1S/C13H19N3OS/c1-18-10-4-2-3-9(7-10)16-13(17)11-5-6-15-8-12(11)14/h5-6,8-10H,2-4,7,14H2,1H3,(H,16,17). The highest BCUT2D eigenvalue weighted by molar-refractivity contribution is 7.99. The van der Waals surface area contributed by atoms with E-state index in [4.69, 9.17) is 5.73 Å². The van der Waals surface area contributed by atoms with Gasteiger partial charge in [0.05, 0.1) is 17.4 Å². The summed E-state index contributed by atoms with van der Waals surface area (Å²) in [6.45, 7) is 0. The molecule has 1 heterocycles. The molecule has 0 saturated heterocycles. The Morgan fingerprint density at radius 2 is 2.39 bits per heavy atom. The summed E-state index contributed by atoms with van der Waals surface area (Å²) in [4.78, 5) is 16.0. The molecule has 1 saturated carbocycles. The molecule has 0 aromatic carbocycles. The number of hydrogen-bond acceptors (Lipinski definition) is 4. The molecule has 1 aromatic heterocycles. The van der Waals surface area contributed by atoms with Crippen LogP contribution in [-0.4, -0.2) is 28.4 Å². The van der Waals surface area contributed by atoms with Gasteiger partial charge >= 0.3 is 0 Å². The van der Waals surface area contributed by atoms with Crippen LogP contribution in [0.5, 0.6) is 0 Å². The second kappa shape index (κ2) is 6.09. The van der Waals surface area contributed by atoms with Crippen LogP contribution in [0.2, 0.25) is 0 Å². The number of aromatic nitrogens is 1. The molecule has 98 valence electrons. The SMILES string of the molecule is CSC1CCCC(NC(=O)c2ccncc2N)C1. The van der Waals surface area contributed by atoms with Crippen LogP contribution in [0.3, 0.4) is 0 Å². The smallest absolute Gasteiger partial charge is 0.253 e. The lowest BCUT2D eigenvalue weighted by molar-refractivity contribution is 0.0929. The first-order chi connectivity index (χ1) is 8.70. The Hall–Kier alpha value is -1.23. The number of nitrogen functional groups attached to an aromatic ring is 1. The quantitative estimate of drug-likeness (QED) is 0.878. The molecule has 1 aliphatic carbocycles. The molecule has 1 aromatic rings. The molecule has 18 heavy (non-hydrogen) atoms. The Balaban J connectivity index is 1.97. The number of carbonyl (C=O) groups is 1. The molecule has 1 fully saturated rings. The van der Waals surface area contributed by atoms with Crippen LogP contribution in [0.15, 0.2) is 18.5 Å². The number of hydrogen-bond donors (Lipinski definition) is 2. The van der Waals surface area contributed by atoms with E-state index < -0.39 is 0 Å². The van der Waals surface area contributed by atoms with Crippen molar-refractivity contribution in [2.45, 2.75) is 37.0 Å². The number of rotatable bonds is 3. The van der Waals surface area contributed by atoms with Gasteiger partial charge in [0.2, 0.25) is 0 Å². The molecular formula is C13H19N3OS. The maximum atomic E-state index is 12.1. The number of anilines is 1. The van der Waals surface area contributed by atoms with Gasteiger partial charge in [-0.15, -0.1) is 0 Å². The minimum Gasteiger partial charge on any atom is -0.397 e. The molecule has 0 bridgehead atoms. The van der Waals surface area contributed by atoms with E-state index >= 15 is 0 Å². The molecule has 1 aliphatic rings. The van der Waals surface area contributed by atoms with Gasteiger partial charge in [0.15, 0.2) is 0 Å². The monoisotopic (exact) mass is 265 g/mol. The molecule has 0 spiro atoms. The number of nitrogens with one attached hydrogen (secondary N) is 1. The molecule has 2 atom stereocenters. The van der Waals surface area contributed by atoms with Crippen molar-refractivity contribution in [2.24, 2.45) is 0 Å². The lowest BCUT2D eigenvalue weighted by Crippen LogP contribution is -2.39. The van der Waals surface area contributed by atoms with E-state index in [2.05, 4.69) is 16.6 Å². The Labute approximate surface area is 112 Å². The molecule has 0 aliphatic heterocycles. The Kier molecular flexibility index (Phi) is 4.47. The van der Waals surface area contributed by atoms with E-state index in [1.54, 1.807) is 12.3 Å². The largest absolute Gasteiger partial charge is 0.397 e. The second-order valence-electron chi connectivity index (χ2n) is 4.66. The average molecular weight is 265 g/mol. The van der Waals surface area contributed by atoms with Crippen molar-refractivity contribution in [3.63, 3.8) is 0 Å². The van der Waals surface area contributed by atoms with E-state index in [1.165, 1.54) is 19.0 Å². The zero-order valence-electron chi connectivity index (χ0n) is 10.6. The van der Waals surface area contributed by atoms with Crippen LogP contribution in [0, 0.1) is 0 Å². The Bertz CT molecular complexity index is 424. The van der Waals surface area contributed by atoms with Crippen molar-refractivity contribution in [1.82, 2.24) is 10.3 Å². The van der Waals surface area contributed by atoms with Gasteiger partial charge in [-0.3, -0.25) is 9.78 Å². The number of pyridine rings is 1. The maximum absolute atomic E-state index is 12.1. The van der Waals surface area contributed by atoms with Gasteiger partial charge in [0.1, 0.15) is 0 Å². The van der Waals surface area contributed by atoms with E-state index in [0.717, 1.165) is 12.8 Å². The highest BCUT2D eigenvalue weighted by Crippen LogP contribution is 2.27. The third-order valence-electron chi connectivity index (χ3n) is 3.39. The average Bonchev–Trinajstić information content (AvgIpc) is 2.39. The number of nitrogens with zero attached hydrogens (tertiary/aromatic N) is 1. The highest BCUT2D eigenvalue weighted by Gasteiger charge is 2.23. The predicted octanol–water partition coefficient (Wildman–Crippen LogP) is 2.07. The number of carbonyl (C=O) groups excluding carboxylic acids is 1. The summed E-state index contributed by atoms with van der Waals surface area (Å²) >= 11 is 1.89. The topological polar surface area (TPSA) is 68.0 Å². The molecule has 2 rings (SSSR count). The molecule has 0 radical (unpaired) electrons. The third-order valence-corrected chi connectivity index (χ3v) is 4.49. The first kappa shape index (κ1) is 13.2. The maximum Gasteiger partial charge on any atom is 0.253 e. The van der Waals surface area contributed by atoms with Gasteiger partial charge in [0.25, 0.3) is 5.91 Å². The van der Waals surface area contributed by atoms with Crippen molar-refractivity contribution in [1.29, 1.82) is 0 Å². The van der Waals surface area contributed by atoms with Gasteiger partial charge in [-0.25, -0.2) is 0 Å². The van der Waals surface area contributed by atoms with Crippen LogP contribution in [0.4, 0.5) is 5.69 Å². The summed E-state index contributed by atoms with van der Waals surface area (Å²) in [6, 6.07) is 1.94. The number of nitrogens with two attached hydrogens (primary N) is 1. The van der Waals surface area contributed by atoms with Crippen molar-refractivity contribution >= 4 is 23.4 Å². The minimum absolute atomic E-state index is 0.0818. The van der Waals surface area contributed by atoms with Crippen molar-refractivity contribution in [3.05, 3.63) is 24.0 Å². The lowest BCUT2D eigenvalue weighted by Gasteiger charge is -2.28. The fourth-order valence-corrected chi connectivity index (χ4v) is 3.19. The first-order valence-electron chi connectivity index (χ1n) is 6.24. The number of thioether (sulfide) groups is 1. The zero-order valence-corrected chi connectivity index (χ0v) is 11.4. The molecule has 2 unspecified atom stereocenters. The second-order valence-corrected chi connectivity index (χ2v) is 5.80. The van der Waals surface area contributed by atoms with Gasteiger partial charge < -0.3 is 11.1 Å². The van der Waals surface area contributed by atoms with E-state index in [9.17, 15) is 4.79 Å². The zero-order chi connectivity index (χ0) is 13.0. The summed E-state index contributed by atoms with van der Waals surface area (Å²) in [7, 11) is 0. The van der Waals surface area contributed by atoms with Gasteiger partial charge in [-0.05, 0) is 31.6 Å². The van der Waals surface area contributed by atoms with E-state index in [-0.39, 0.29) is 11.9 Å². The molecule has 4 nitrogen and oxygen atoms in total. The van der Waals surface area contributed by atoms with Crippen LogP contribution in [-0.2, 0) is 0 Å². The summed E-state index contributed by atoms with van der Waals surface area (Å²) < 4.78 is 0. The lowest BCUT2D eigenvalue weighted by atomic mass is 9.94. The fraction of sp³-hybridized carbons (Fsp3) is 0.538. The summed E-state index contributed by atoms with van der Waals surface area (Å²) in [6.07, 6.45) is 9.80. The van der Waals surface area contributed by atoms with E-state index in [1.807, 2.05) is 11.8 Å². The van der Waals surface area contributed by atoms with E-state index in [0.29, 0.717) is 16.5 Å². The predicted molar refractivity (Wildman–Crippen MR) is 75.7 cm³/mol. The summed E-state index contributed by atoms with van der Waals surface area (Å²) in [5.74, 6) is -0.0818. The van der Waals surface area contributed by atoms with Crippen LogP contribution in [0.1, 0.15) is 36.0 Å². The Morgan fingerprint density at radius 1 is 1.56 bits per heavy atom. The third kappa shape index (κ3) is 3.16. The summed E-state index contributed by atoms with van der Waals surface area (Å²) in [5, 5.41) is 3.75.